The minimum absolute atomic E-state index is 0.371. The van der Waals surface area contributed by atoms with E-state index in [0.29, 0.717) is 6.54 Å². The maximum absolute atomic E-state index is 11.8. The Kier molecular flexibility index (Phi) is 9.38. The van der Waals surface area contributed by atoms with Crippen molar-refractivity contribution in [2.24, 2.45) is 0 Å². The van der Waals surface area contributed by atoms with Gasteiger partial charge in [0.25, 0.3) is 0 Å². The van der Waals surface area contributed by atoms with Gasteiger partial charge in [-0.2, -0.15) is 0 Å². The van der Waals surface area contributed by atoms with Crippen molar-refractivity contribution in [1.82, 2.24) is 15.3 Å². The number of hydrogen-bond acceptors (Lipinski definition) is 5. The molecule has 0 spiro atoms. The van der Waals surface area contributed by atoms with Crippen molar-refractivity contribution in [2.45, 2.75) is 98.4 Å². The number of imidazole rings is 1. The average Bonchev–Trinajstić information content (AvgIpc) is 3.43. The van der Waals surface area contributed by atoms with E-state index in [-0.39, 0.29) is 24.4 Å². The molecule has 8 heteroatoms. The van der Waals surface area contributed by atoms with E-state index in [1.54, 1.807) is 0 Å². The Balaban J connectivity index is 0.00000198. The van der Waals surface area contributed by atoms with Gasteiger partial charge in [-0.15, -0.1) is 0 Å². The molecule has 1 aromatic heterocycles. The molecule has 1 aliphatic heterocycles. The predicted molar refractivity (Wildman–Crippen MR) is 173 cm³/mol. The third-order valence-electron chi connectivity index (χ3n) is 7.76. The number of alkyl carbamates (subject to hydrolysis) is 1. The third-order valence-corrected chi connectivity index (χ3v) is 7.76. The van der Waals surface area contributed by atoms with Crippen LogP contribution in [-0.4, -0.2) is 46.5 Å². The molecule has 1 saturated heterocycles. The van der Waals surface area contributed by atoms with Gasteiger partial charge in [-0.3, -0.25) is 0 Å². The summed E-state index contributed by atoms with van der Waals surface area (Å²) in [6.45, 7) is 18.5. The van der Waals surface area contributed by atoms with E-state index in [9.17, 15) is 4.79 Å². The Morgan fingerprint density at radius 2 is 1.55 bits per heavy atom. The largest absolute Gasteiger partial charge is 0.494 e. The second kappa shape index (κ2) is 12.5. The number of fused-ring (bicyclic) bond motifs is 2. The Morgan fingerprint density at radius 1 is 0.905 bits per heavy atom. The normalized spacial score (nSPS) is 15.9. The number of carbonyl (C=O) groups excluding carboxylic acids is 1. The SMILES string of the molecule is CC.CC(C)(C)OC(=O)NCCCCc1nc2ccc(-c3ccc4ccc(B5OC(C)(C)C(C)(C)O5)cc4c3)cc2[nH]1. The molecular formula is C34H46BN3O4. The van der Waals surface area contributed by atoms with Crippen molar-refractivity contribution in [2.75, 3.05) is 6.54 Å². The number of ether oxygens (including phenoxy) is 1. The van der Waals surface area contributed by atoms with Crippen molar-refractivity contribution in [3.05, 3.63) is 60.4 Å². The standard InChI is InChI=1S/C32H40BN3O4.C2H6/c1-30(2,3)38-29(37)34-17-9-8-10-28-35-26-16-14-23(20-27(26)36-28)22-12-11-21-13-15-25(19-24(21)18-22)33-39-31(4,5)32(6,7)40-33;1-2/h11-16,18-20H,8-10,17H2,1-7H3,(H,34,37)(H,35,36);1-2H3. The summed E-state index contributed by atoms with van der Waals surface area (Å²) in [5.41, 5.74) is 4.05. The molecular weight excluding hydrogens is 525 g/mol. The van der Waals surface area contributed by atoms with Gasteiger partial charge in [0.15, 0.2) is 0 Å². The van der Waals surface area contributed by atoms with Crippen LogP contribution in [0.3, 0.4) is 0 Å². The van der Waals surface area contributed by atoms with E-state index in [4.69, 9.17) is 19.0 Å². The highest BCUT2D eigenvalue weighted by molar-refractivity contribution is 6.62. The van der Waals surface area contributed by atoms with Crippen LogP contribution >= 0.6 is 0 Å². The van der Waals surface area contributed by atoms with Crippen LogP contribution in [0.15, 0.2) is 54.6 Å². The molecule has 0 atom stereocenters. The zero-order chi connectivity index (χ0) is 30.7. The quantitative estimate of drug-likeness (QED) is 0.177. The fourth-order valence-electron chi connectivity index (χ4n) is 4.85. The summed E-state index contributed by atoms with van der Waals surface area (Å²) in [7, 11) is -0.383. The van der Waals surface area contributed by atoms with Crippen LogP contribution < -0.4 is 10.8 Å². The van der Waals surface area contributed by atoms with Crippen LogP contribution in [0.4, 0.5) is 4.79 Å². The van der Waals surface area contributed by atoms with Crippen molar-refractivity contribution >= 4 is 40.5 Å². The van der Waals surface area contributed by atoms with Gasteiger partial charge in [-0.05, 0) is 107 Å². The van der Waals surface area contributed by atoms with E-state index in [1.807, 2.05) is 34.6 Å². The first-order chi connectivity index (χ1) is 19.8. The van der Waals surface area contributed by atoms with Gasteiger partial charge in [0.2, 0.25) is 0 Å². The van der Waals surface area contributed by atoms with Crippen LogP contribution in [0.5, 0.6) is 0 Å². The van der Waals surface area contributed by atoms with E-state index >= 15 is 0 Å². The van der Waals surface area contributed by atoms with Gasteiger partial charge in [-0.1, -0.05) is 50.2 Å². The van der Waals surface area contributed by atoms with E-state index in [0.717, 1.165) is 58.1 Å². The Labute approximate surface area is 250 Å². The fraction of sp³-hybridized carbons (Fsp3) is 0.471. The molecule has 4 aromatic rings. The van der Waals surface area contributed by atoms with Gasteiger partial charge in [0.1, 0.15) is 11.4 Å². The van der Waals surface area contributed by atoms with Crippen LogP contribution in [0.25, 0.3) is 32.9 Å². The van der Waals surface area contributed by atoms with Gasteiger partial charge >= 0.3 is 13.2 Å². The number of unbranched alkanes of at least 4 members (excludes halogenated alkanes) is 1. The number of amides is 1. The lowest BCUT2D eigenvalue weighted by atomic mass is 9.78. The van der Waals surface area contributed by atoms with Crippen LogP contribution in [-0.2, 0) is 20.5 Å². The molecule has 2 heterocycles. The third kappa shape index (κ3) is 7.34. The van der Waals surface area contributed by atoms with Crippen molar-refractivity contribution in [3.63, 3.8) is 0 Å². The first kappa shape index (κ1) is 31.6. The summed E-state index contributed by atoms with van der Waals surface area (Å²) >= 11 is 0. The van der Waals surface area contributed by atoms with Gasteiger partial charge < -0.3 is 24.3 Å². The minimum Gasteiger partial charge on any atom is -0.444 e. The zero-order valence-corrected chi connectivity index (χ0v) is 26.7. The lowest BCUT2D eigenvalue weighted by Gasteiger charge is -2.32. The Hall–Kier alpha value is -3.36. The number of nitrogens with one attached hydrogen (secondary N) is 2. The maximum atomic E-state index is 11.8. The lowest BCUT2D eigenvalue weighted by Crippen LogP contribution is -2.41. The second-order valence-electron chi connectivity index (χ2n) is 12.7. The lowest BCUT2D eigenvalue weighted by molar-refractivity contribution is 0.00578. The highest BCUT2D eigenvalue weighted by Gasteiger charge is 2.51. The van der Waals surface area contributed by atoms with Gasteiger partial charge in [0, 0.05) is 13.0 Å². The molecule has 224 valence electrons. The molecule has 0 radical (unpaired) electrons. The fourth-order valence-corrected chi connectivity index (χ4v) is 4.85. The molecule has 0 aliphatic carbocycles. The van der Waals surface area contributed by atoms with E-state index in [2.05, 4.69) is 92.6 Å². The molecule has 1 fully saturated rings. The summed E-state index contributed by atoms with van der Waals surface area (Å²) in [5, 5.41) is 5.14. The molecule has 2 N–H and O–H groups in total. The van der Waals surface area contributed by atoms with Crippen LogP contribution in [0.1, 0.15) is 81.0 Å². The molecule has 0 unspecified atom stereocenters. The molecule has 1 amide bonds. The number of rotatable bonds is 7. The van der Waals surface area contributed by atoms with Crippen LogP contribution in [0.2, 0.25) is 0 Å². The number of aromatic nitrogens is 2. The summed E-state index contributed by atoms with van der Waals surface area (Å²) in [5.74, 6) is 0.954. The molecule has 0 bridgehead atoms. The highest BCUT2D eigenvalue weighted by Crippen LogP contribution is 2.37. The number of aryl methyl sites for hydroxylation is 1. The Bertz CT molecular complexity index is 1520. The predicted octanol–water partition coefficient (Wildman–Crippen LogP) is 7.56. The average molecular weight is 572 g/mol. The maximum Gasteiger partial charge on any atom is 0.494 e. The molecule has 7 nitrogen and oxygen atoms in total. The van der Waals surface area contributed by atoms with E-state index < -0.39 is 5.60 Å². The summed E-state index contributed by atoms with van der Waals surface area (Å²) < 4.78 is 17.8. The smallest absolute Gasteiger partial charge is 0.444 e. The molecule has 42 heavy (non-hydrogen) atoms. The number of benzene rings is 3. The summed E-state index contributed by atoms with van der Waals surface area (Å²) in [6, 6.07) is 19.3. The molecule has 5 rings (SSSR count). The first-order valence-corrected chi connectivity index (χ1v) is 15.1. The zero-order valence-electron chi connectivity index (χ0n) is 26.7. The number of nitrogens with zero attached hydrogens (tertiary/aromatic N) is 1. The van der Waals surface area contributed by atoms with Crippen molar-refractivity contribution in [3.8, 4) is 11.1 Å². The second-order valence-corrected chi connectivity index (χ2v) is 12.7. The number of H-pyrrole nitrogens is 1. The van der Waals surface area contributed by atoms with Crippen molar-refractivity contribution in [1.29, 1.82) is 0 Å². The van der Waals surface area contributed by atoms with Gasteiger partial charge in [0.05, 0.1) is 22.2 Å². The first-order valence-electron chi connectivity index (χ1n) is 15.1. The summed E-state index contributed by atoms with van der Waals surface area (Å²) in [6.07, 6.45) is 2.21. The number of aromatic amines is 1. The minimum atomic E-state index is -0.485. The topological polar surface area (TPSA) is 85.5 Å². The number of hydrogen-bond donors (Lipinski definition) is 2. The Morgan fingerprint density at radius 3 is 2.24 bits per heavy atom. The number of carbonyl (C=O) groups is 1. The van der Waals surface area contributed by atoms with E-state index in [1.165, 1.54) is 5.39 Å². The van der Waals surface area contributed by atoms with Crippen molar-refractivity contribution < 1.29 is 18.8 Å². The molecule has 0 saturated carbocycles. The molecule has 3 aromatic carbocycles. The monoisotopic (exact) mass is 571 g/mol. The summed E-state index contributed by atoms with van der Waals surface area (Å²) in [4.78, 5) is 20.0. The highest BCUT2D eigenvalue weighted by atomic mass is 16.7. The molecule has 1 aliphatic rings. The van der Waals surface area contributed by atoms with Gasteiger partial charge in [-0.25, -0.2) is 9.78 Å². The van der Waals surface area contributed by atoms with Crippen LogP contribution in [0, 0.1) is 0 Å².